The fourth-order valence-corrected chi connectivity index (χ4v) is 2.16. The molecule has 2 atom stereocenters. The third-order valence-corrected chi connectivity index (χ3v) is 3.01. The van der Waals surface area contributed by atoms with E-state index < -0.39 is 5.97 Å². The molecule has 92 valence electrons. The van der Waals surface area contributed by atoms with Gasteiger partial charge in [0.25, 0.3) is 0 Å². The highest BCUT2D eigenvalue weighted by molar-refractivity contribution is 5.69. The van der Waals surface area contributed by atoms with Gasteiger partial charge in [-0.3, -0.25) is 9.69 Å². The molecule has 1 aliphatic heterocycles. The number of carbonyl (C=O) groups is 1. The van der Waals surface area contributed by atoms with Crippen LogP contribution in [-0.2, 0) is 9.53 Å². The van der Waals surface area contributed by atoms with E-state index in [4.69, 9.17) is 9.84 Å². The van der Waals surface area contributed by atoms with Crippen LogP contribution in [0.5, 0.6) is 0 Å². The van der Waals surface area contributed by atoms with Gasteiger partial charge in [-0.05, 0) is 19.3 Å². The molecule has 1 rings (SSSR count). The van der Waals surface area contributed by atoms with Crippen molar-refractivity contribution in [3.05, 3.63) is 12.7 Å². The summed E-state index contributed by atoms with van der Waals surface area (Å²) in [6, 6.07) is 0.313. The topological polar surface area (TPSA) is 49.8 Å². The lowest BCUT2D eigenvalue weighted by molar-refractivity contribution is -0.139. The Morgan fingerprint density at radius 1 is 1.69 bits per heavy atom. The second-order valence-corrected chi connectivity index (χ2v) is 4.19. The third-order valence-electron chi connectivity index (χ3n) is 3.01. The van der Waals surface area contributed by atoms with Gasteiger partial charge in [-0.15, -0.1) is 6.58 Å². The minimum absolute atomic E-state index is 0.0904. The van der Waals surface area contributed by atoms with Gasteiger partial charge in [0.15, 0.2) is 0 Å². The summed E-state index contributed by atoms with van der Waals surface area (Å²) >= 11 is 0. The molecule has 16 heavy (non-hydrogen) atoms. The molecule has 0 aromatic rings. The van der Waals surface area contributed by atoms with Crippen LogP contribution in [0.1, 0.15) is 26.2 Å². The lowest BCUT2D eigenvalue weighted by Crippen LogP contribution is -2.44. The molecule has 2 unspecified atom stereocenters. The summed E-state index contributed by atoms with van der Waals surface area (Å²) in [5.41, 5.74) is 0. The van der Waals surface area contributed by atoms with E-state index in [2.05, 4.69) is 13.5 Å². The van der Waals surface area contributed by atoms with Gasteiger partial charge >= 0.3 is 5.97 Å². The summed E-state index contributed by atoms with van der Waals surface area (Å²) in [7, 11) is 0. The van der Waals surface area contributed by atoms with E-state index in [0.717, 1.165) is 25.9 Å². The summed E-state index contributed by atoms with van der Waals surface area (Å²) in [6.07, 6.45) is 4.87. The molecular weight excluding hydrogens is 206 g/mol. The van der Waals surface area contributed by atoms with E-state index in [1.807, 2.05) is 4.90 Å². The van der Waals surface area contributed by atoms with Crippen LogP contribution in [0, 0.1) is 0 Å². The van der Waals surface area contributed by atoms with Crippen LogP contribution in [0.2, 0.25) is 0 Å². The smallest absolute Gasteiger partial charge is 0.317 e. The first kappa shape index (κ1) is 13.2. The SMILES string of the molecule is C=CCN(CC(=O)O)C1CCOC(CC)C1. The fourth-order valence-electron chi connectivity index (χ4n) is 2.16. The highest BCUT2D eigenvalue weighted by Crippen LogP contribution is 2.21. The number of hydrogen-bond donors (Lipinski definition) is 1. The highest BCUT2D eigenvalue weighted by atomic mass is 16.5. The largest absolute Gasteiger partial charge is 0.480 e. The van der Waals surface area contributed by atoms with E-state index in [0.29, 0.717) is 12.6 Å². The Balaban J connectivity index is 2.54. The van der Waals surface area contributed by atoms with Gasteiger partial charge < -0.3 is 9.84 Å². The molecule has 0 spiro atoms. The van der Waals surface area contributed by atoms with Crippen molar-refractivity contribution in [2.45, 2.75) is 38.3 Å². The molecule has 1 heterocycles. The van der Waals surface area contributed by atoms with Gasteiger partial charge in [0.05, 0.1) is 12.6 Å². The first-order valence-corrected chi connectivity index (χ1v) is 5.85. The Kier molecular flexibility index (Phi) is 5.49. The van der Waals surface area contributed by atoms with E-state index >= 15 is 0 Å². The quantitative estimate of drug-likeness (QED) is 0.699. The fraction of sp³-hybridized carbons (Fsp3) is 0.750. The Morgan fingerprint density at radius 2 is 2.44 bits per heavy atom. The van der Waals surface area contributed by atoms with E-state index in [9.17, 15) is 4.79 Å². The second kappa shape index (κ2) is 6.66. The maximum Gasteiger partial charge on any atom is 0.317 e. The van der Waals surface area contributed by atoms with Crippen molar-refractivity contribution in [1.82, 2.24) is 4.90 Å². The number of nitrogens with zero attached hydrogens (tertiary/aromatic N) is 1. The van der Waals surface area contributed by atoms with E-state index in [1.165, 1.54) is 0 Å². The van der Waals surface area contributed by atoms with Crippen molar-refractivity contribution in [3.8, 4) is 0 Å². The zero-order valence-corrected chi connectivity index (χ0v) is 9.89. The van der Waals surface area contributed by atoms with Gasteiger partial charge in [-0.1, -0.05) is 13.0 Å². The predicted octanol–water partition coefficient (Wildman–Crippen LogP) is 1.52. The van der Waals surface area contributed by atoms with E-state index in [-0.39, 0.29) is 12.6 Å². The number of hydrogen-bond acceptors (Lipinski definition) is 3. The van der Waals surface area contributed by atoms with Gasteiger partial charge in [0, 0.05) is 19.2 Å². The molecule has 0 bridgehead atoms. The molecule has 0 aliphatic carbocycles. The van der Waals surface area contributed by atoms with Crippen molar-refractivity contribution in [2.75, 3.05) is 19.7 Å². The third kappa shape index (κ3) is 3.94. The van der Waals surface area contributed by atoms with Crippen LogP contribution in [0.4, 0.5) is 0 Å². The normalized spacial score (nSPS) is 25.6. The first-order valence-electron chi connectivity index (χ1n) is 5.85. The zero-order chi connectivity index (χ0) is 12.0. The maximum absolute atomic E-state index is 10.8. The molecule has 1 saturated heterocycles. The van der Waals surface area contributed by atoms with Crippen LogP contribution < -0.4 is 0 Å². The number of carboxylic acids is 1. The van der Waals surface area contributed by atoms with Crippen LogP contribution in [-0.4, -0.2) is 47.8 Å². The minimum Gasteiger partial charge on any atom is -0.480 e. The number of rotatable bonds is 6. The van der Waals surface area contributed by atoms with Crippen molar-refractivity contribution in [3.63, 3.8) is 0 Å². The average Bonchev–Trinajstić information content (AvgIpc) is 2.28. The Morgan fingerprint density at radius 3 is 3.00 bits per heavy atom. The Bertz CT molecular complexity index is 242. The summed E-state index contributed by atoms with van der Waals surface area (Å²) < 4.78 is 5.59. The monoisotopic (exact) mass is 227 g/mol. The van der Waals surface area contributed by atoms with Crippen molar-refractivity contribution in [1.29, 1.82) is 0 Å². The molecular formula is C12H21NO3. The molecule has 0 aromatic heterocycles. The molecule has 0 amide bonds. The van der Waals surface area contributed by atoms with Gasteiger partial charge in [-0.25, -0.2) is 0 Å². The Labute approximate surface area is 96.9 Å². The van der Waals surface area contributed by atoms with Crippen molar-refractivity contribution >= 4 is 5.97 Å². The van der Waals surface area contributed by atoms with Gasteiger partial charge in [0.2, 0.25) is 0 Å². The van der Waals surface area contributed by atoms with Crippen molar-refractivity contribution in [2.24, 2.45) is 0 Å². The highest BCUT2D eigenvalue weighted by Gasteiger charge is 2.26. The summed E-state index contributed by atoms with van der Waals surface area (Å²) in [4.78, 5) is 12.7. The van der Waals surface area contributed by atoms with Crippen LogP contribution >= 0.6 is 0 Å². The van der Waals surface area contributed by atoms with Crippen LogP contribution in [0.3, 0.4) is 0 Å². The summed E-state index contributed by atoms with van der Waals surface area (Å²) in [5.74, 6) is -0.776. The van der Waals surface area contributed by atoms with Crippen LogP contribution in [0.15, 0.2) is 12.7 Å². The number of aliphatic carboxylic acids is 1. The predicted molar refractivity (Wildman–Crippen MR) is 62.5 cm³/mol. The molecule has 1 N–H and O–H groups in total. The lowest BCUT2D eigenvalue weighted by Gasteiger charge is -2.36. The molecule has 0 radical (unpaired) electrons. The maximum atomic E-state index is 10.8. The molecule has 0 saturated carbocycles. The van der Waals surface area contributed by atoms with Crippen LogP contribution in [0.25, 0.3) is 0 Å². The summed E-state index contributed by atoms with van der Waals surface area (Å²) in [6.45, 7) is 7.23. The van der Waals surface area contributed by atoms with Gasteiger partial charge in [-0.2, -0.15) is 0 Å². The second-order valence-electron chi connectivity index (χ2n) is 4.19. The first-order chi connectivity index (χ1) is 7.67. The standard InChI is InChI=1S/C12H21NO3/c1-3-6-13(9-12(14)15)10-5-7-16-11(4-2)8-10/h3,10-11H,1,4-9H2,2H3,(H,14,15). The molecule has 1 fully saturated rings. The van der Waals surface area contributed by atoms with Crippen molar-refractivity contribution < 1.29 is 14.6 Å². The van der Waals surface area contributed by atoms with E-state index in [1.54, 1.807) is 6.08 Å². The number of ether oxygens (including phenoxy) is 1. The minimum atomic E-state index is -0.776. The van der Waals surface area contributed by atoms with Gasteiger partial charge in [0.1, 0.15) is 0 Å². The zero-order valence-electron chi connectivity index (χ0n) is 9.89. The Hall–Kier alpha value is -0.870. The molecule has 4 nitrogen and oxygen atoms in total. The average molecular weight is 227 g/mol. The summed E-state index contributed by atoms with van der Waals surface area (Å²) in [5, 5.41) is 8.86. The number of carboxylic acid groups (broad SMARTS) is 1. The lowest BCUT2D eigenvalue weighted by atomic mass is 10.00. The molecule has 4 heteroatoms. The molecule has 0 aromatic carbocycles. The molecule has 1 aliphatic rings.